The third-order valence-corrected chi connectivity index (χ3v) is 10.3. The van der Waals surface area contributed by atoms with Crippen molar-refractivity contribution in [3.05, 3.63) is 95.6 Å². The van der Waals surface area contributed by atoms with Gasteiger partial charge in [-0.1, -0.05) is 24.3 Å². The molecule has 0 saturated heterocycles. The summed E-state index contributed by atoms with van der Waals surface area (Å²) < 4.78 is 134. The van der Waals surface area contributed by atoms with Crippen LogP contribution in [-0.2, 0) is 20.3 Å². The number of benzene rings is 2. The second-order valence-electron chi connectivity index (χ2n) is 10.1. The van der Waals surface area contributed by atoms with Gasteiger partial charge in [0.15, 0.2) is 9.84 Å². The van der Waals surface area contributed by atoms with E-state index in [1.54, 1.807) is 12.1 Å². The Hall–Kier alpha value is -3.55. The van der Waals surface area contributed by atoms with Crippen molar-refractivity contribution in [2.24, 2.45) is 0 Å². The van der Waals surface area contributed by atoms with E-state index < -0.39 is 50.0 Å². The number of carbonyl (C=O) groups excluding carboxylic acids is 1. The van der Waals surface area contributed by atoms with Gasteiger partial charge < -0.3 is 4.90 Å². The van der Waals surface area contributed by atoms with Gasteiger partial charge >= 0.3 is 18.0 Å². The molecular weight excluding hydrogens is 596 g/mol. The Morgan fingerprint density at radius 3 is 1.90 bits per heavy atom. The van der Waals surface area contributed by atoms with Gasteiger partial charge in [-0.25, -0.2) is 17.2 Å². The average molecular weight is 621 g/mol. The maximum atomic E-state index is 14.7. The zero-order chi connectivity index (χ0) is 31.1. The van der Waals surface area contributed by atoms with Gasteiger partial charge in [-0.15, -0.1) is 0 Å². The van der Waals surface area contributed by atoms with Gasteiger partial charge in [0.25, 0.3) is 5.91 Å². The van der Waals surface area contributed by atoms with E-state index in [9.17, 15) is 48.3 Å². The molecule has 1 aliphatic carbocycles. The summed E-state index contributed by atoms with van der Waals surface area (Å²) >= 11 is 0. The minimum Gasteiger partial charge on any atom is -0.339 e. The number of amides is 1. The second kappa shape index (κ2) is 10.9. The topological polar surface area (TPSA) is 67.3 Å². The molecule has 4 rings (SSSR count). The van der Waals surface area contributed by atoms with Crippen molar-refractivity contribution in [1.82, 2.24) is 9.88 Å². The first-order valence-corrected chi connectivity index (χ1v) is 14.0. The summed E-state index contributed by atoms with van der Waals surface area (Å²) in [6.07, 6.45) is -10.1. The van der Waals surface area contributed by atoms with Crippen LogP contribution in [0.4, 0.5) is 35.1 Å². The Balaban J connectivity index is 1.75. The molecule has 226 valence electrons. The number of hydrogen-bond acceptors (Lipinski definition) is 4. The lowest BCUT2D eigenvalue weighted by Crippen LogP contribution is -2.50. The smallest absolute Gasteiger partial charge is 0.339 e. The Labute approximate surface area is 236 Å². The van der Waals surface area contributed by atoms with Gasteiger partial charge in [-0.2, -0.15) is 26.3 Å². The van der Waals surface area contributed by atoms with Gasteiger partial charge in [0.1, 0.15) is 10.6 Å². The highest BCUT2D eigenvalue weighted by molar-refractivity contribution is 7.92. The minimum absolute atomic E-state index is 0.0861. The van der Waals surface area contributed by atoms with E-state index in [4.69, 9.17) is 0 Å². The van der Waals surface area contributed by atoms with Crippen LogP contribution in [0.15, 0.2) is 78.0 Å². The summed E-state index contributed by atoms with van der Waals surface area (Å²) in [5, 5.41) is 0. The molecule has 42 heavy (non-hydrogen) atoms. The molecule has 0 spiro atoms. The van der Waals surface area contributed by atoms with E-state index in [0.717, 1.165) is 36.4 Å². The Morgan fingerprint density at radius 2 is 1.43 bits per heavy atom. The molecule has 1 aromatic heterocycles. The number of rotatable bonds is 6. The van der Waals surface area contributed by atoms with Crippen molar-refractivity contribution < 1.29 is 48.3 Å². The maximum Gasteiger partial charge on any atom is 0.435 e. The standard InChI is InChI=1S/C28H24F8N2O3S/c1-38(24(39)18-3-2-16-37-17-18)22-12-14-25(15-13-22,42(40,41)23-10-8-21(29)9-11-23)19-4-6-20(7-5-19)26(30,27(31,32)33)28(34,35)36/h2-11,16-17,22H,12-15H2,1H3/t22-,25+. The van der Waals surface area contributed by atoms with Crippen LogP contribution < -0.4 is 0 Å². The minimum atomic E-state index is -6.34. The molecule has 0 atom stereocenters. The molecule has 2 aromatic carbocycles. The van der Waals surface area contributed by atoms with Crippen molar-refractivity contribution in [2.75, 3.05) is 7.05 Å². The first kappa shape index (κ1) is 31.4. The molecule has 1 amide bonds. The van der Waals surface area contributed by atoms with E-state index >= 15 is 0 Å². The SMILES string of the molecule is CN(C(=O)c1cccnc1)[C@H]1CC[C@@](c2ccc(C(F)(C(F)(F)F)C(F)(F)F)cc2)(S(=O)(=O)c2ccc(F)cc2)CC1. The van der Waals surface area contributed by atoms with Gasteiger partial charge in [0.05, 0.1) is 10.5 Å². The Bertz CT molecular complexity index is 1500. The fourth-order valence-corrected chi connectivity index (χ4v) is 7.52. The molecule has 0 bridgehead atoms. The summed E-state index contributed by atoms with van der Waals surface area (Å²) in [4.78, 5) is 17.9. The monoisotopic (exact) mass is 620 g/mol. The lowest BCUT2D eigenvalue weighted by Gasteiger charge is -2.42. The summed E-state index contributed by atoms with van der Waals surface area (Å²) in [6, 6.07) is 8.50. The molecule has 0 unspecified atom stereocenters. The number of aromatic nitrogens is 1. The average Bonchev–Trinajstić information content (AvgIpc) is 2.95. The van der Waals surface area contributed by atoms with E-state index in [1.807, 2.05) is 0 Å². The van der Waals surface area contributed by atoms with Crippen LogP contribution in [0.3, 0.4) is 0 Å². The maximum absolute atomic E-state index is 14.7. The van der Waals surface area contributed by atoms with E-state index in [0.29, 0.717) is 0 Å². The summed E-state index contributed by atoms with van der Waals surface area (Å²) in [5.41, 5.74) is -7.32. The van der Waals surface area contributed by atoms with E-state index in [-0.39, 0.29) is 59.7 Å². The number of nitrogens with zero attached hydrogens (tertiary/aromatic N) is 2. The molecule has 14 heteroatoms. The lowest BCUT2D eigenvalue weighted by atomic mass is 9.79. The van der Waals surface area contributed by atoms with Crippen LogP contribution >= 0.6 is 0 Å². The molecule has 0 aliphatic heterocycles. The highest BCUT2D eigenvalue weighted by atomic mass is 32.2. The third-order valence-electron chi connectivity index (χ3n) is 7.77. The van der Waals surface area contributed by atoms with E-state index in [2.05, 4.69) is 4.98 Å². The molecule has 5 nitrogen and oxygen atoms in total. The second-order valence-corrected chi connectivity index (χ2v) is 12.3. The van der Waals surface area contributed by atoms with Crippen LogP contribution in [0.25, 0.3) is 0 Å². The number of sulfone groups is 1. The number of pyridine rings is 1. The Kier molecular flexibility index (Phi) is 8.17. The molecule has 1 heterocycles. The molecule has 0 N–H and O–H groups in total. The number of alkyl halides is 7. The lowest BCUT2D eigenvalue weighted by molar-refractivity contribution is -0.348. The normalized spacial score (nSPS) is 20.3. The van der Waals surface area contributed by atoms with Gasteiger partial charge in [0.2, 0.25) is 0 Å². The fourth-order valence-electron chi connectivity index (χ4n) is 5.36. The third kappa shape index (κ3) is 5.25. The molecule has 1 aliphatic rings. The van der Waals surface area contributed by atoms with Gasteiger partial charge in [-0.05, 0) is 67.6 Å². The van der Waals surface area contributed by atoms with Gasteiger partial charge in [0, 0.05) is 31.0 Å². The molecule has 1 fully saturated rings. The van der Waals surface area contributed by atoms with E-state index in [1.165, 1.54) is 24.3 Å². The van der Waals surface area contributed by atoms with Gasteiger partial charge in [-0.3, -0.25) is 9.78 Å². The summed E-state index contributed by atoms with van der Waals surface area (Å²) in [5.74, 6) is -1.12. The summed E-state index contributed by atoms with van der Waals surface area (Å²) in [7, 11) is -2.92. The van der Waals surface area contributed by atoms with Crippen LogP contribution in [0.2, 0.25) is 0 Å². The molecule has 3 aromatic rings. The highest BCUT2D eigenvalue weighted by Crippen LogP contribution is 2.54. The largest absolute Gasteiger partial charge is 0.435 e. The molecule has 0 radical (unpaired) electrons. The van der Waals surface area contributed by atoms with Crippen molar-refractivity contribution in [1.29, 1.82) is 0 Å². The van der Waals surface area contributed by atoms with Crippen LogP contribution in [0.5, 0.6) is 0 Å². The first-order valence-electron chi connectivity index (χ1n) is 12.6. The number of hydrogen-bond donors (Lipinski definition) is 0. The zero-order valence-corrected chi connectivity index (χ0v) is 22.7. The Morgan fingerprint density at radius 1 is 0.881 bits per heavy atom. The fraction of sp³-hybridized carbons (Fsp3) is 0.357. The highest BCUT2D eigenvalue weighted by Gasteiger charge is 2.73. The van der Waals surface area contributed by atoms with Crippen LogP contribution in [0.1, 0.15) is 47.2 Å². The van der Waals surface area contributed by atoms with Crippen molar-refractivity contribution in [3.63, 3.8) is 0 Å². The predicted molar refractivity (Wildman–Crippen MR) is 135 cm³/mol. The molecule has 1 saturated carbocycles. The van der Waals surface area contributed by atoms with Crippen molar-refractivity contribution in [3.8, 4) is 0 Å². The predicted octanol–water partition coefficient (Wildman–Crippen LogP) is 6.89. The van der Waals surface area contributed by atoms with Crippen LogP contribution in [0, 0.1) is 5.82 Å². The summed E-state index contributed by atoms with van der Waals surface area (Å²) in [6.45, 7) is 0. The van der Waals surface area contributed by atoms with Crippen molar-refractivity contribution in [2.45, 2.75) is 59.4 Å². The van der Waals surface area contributed by atoms with Crippen LogP contribution in [-0.4, -0.2) is 49.7 Å². The van der Waals surface area contributed by atoms with Crippen molar-refractivity contribution >= 4 is 15.7 Å². The zero-order valence-electron chi connectivity index (χ0n) is 21.9. The first-order chi connectivity index (χ1) is 19.5. The number of halogens is 8. The number of carbonyl (C=O) groups is 1. The molecular formula is C28H24F8N2O3S. The quantitative estimate of drug-likeness (QED) is 0.222.